The summed E-state index contributed by atoms with van der Waals surface area (Å²) in [5.74, 6) is 1.75. The maximum absolute atomic E-state index is 5.86. The first-order chi connectivity index (χ1) is 8.29. The molecule has 0 saturated heterocycles. The van der Waals surface area contributed by atoms with Crippen LogP contribution in [0.3, 0.4) is 0 Å². The number of nitrogens with two attached hydrogens (primary N) is 1. The highest BCUT2D eigenvalue weighted by Crippen LogP contribution is 2.24. The fourth-order valence-electron chi connectivity index (χ4n) is 1.59. The molecule has 0 aliphatic carbocycles. The van der Waals surface area contributed by atoms with Gasteiger partial charge in [-0.2, -0.15) is 0 Å². The van der Waals surface area contributed by atoms with E-state index in [0.29, 0.717) is 5.69 Å². The van der Waals surface area contributed by atoms with Crippen LogP contribution in [-0.4, -0.2) is 13.7 Å². The van der Waals surface area contributed by atoms with Crippen LogP contribution in [-0.2, 0) is 6.42 Å². The summed E-state index contributed by atoms with van der Waals surface area (Å²) in [7, 11) is 1.64. The van der Waals surface area contributed by atoms with Crippen LogP contribution in [0.15, 0.2) is 41.0 Å². The summed E-state index contributed by atoms with van der Waals surface area (Å²) in [6, 6.07) is 9.39. The molecule has 1 aromatic carbocycles. The van der Waals surface area contributed by atoms with Gasteiger partial charge in [0, 0.05) is 19.0 Å². The molecule has 1 aromatic heterocycles. The topological polar surface area (TPSA) is 60.4 Å². The molecule has 4 heteroatoms. The molecule has 0 fully saturated rings. The highest BCUT2D eigenvalue weighted by atomic mass is 16.5. The third-order valence-corrected chi connectivity index (χ3v) is 2.53. The Morgan fingerprint density at radius 3 is 2.94 bits per heavy atom. The van der Waals surface area contributed by atoms with Crippen LogP contribution in [0.4, 0.5) is 11.4 Å². The summed E-state index contributed by atoms with van der Waals surface area (Å²) in [5, 5.41) is 3.26. The van der Waals surface area contributed by atoms with E-state index in [1.165, 1.54) is 0 Å². The van der Waals surface area contributed by atoms with E-state index in [2.05, 4.69) is 5.32 Å². The molecule has 2 rings (SSSR count). The molecule has 0 aliphatic rings. The Labute approximate surface area is 100 Å². The predicted octanol–water partition coefficient (Wildman–Crippen LogP) is 2.53. The van der Waals surface area contributed by atoms with Crippen LogP contribution in [0, 0.1) is 0 Å². The van der Waals surface area contributed by atoms with Crippen molar-refractivity contribution in [2.24, 2.45) is 0 Å². The fraction of sp³-hybridized carbons (Fsp3) is 0.231. The van der Waals surface area contributed by atoms with E-state index in [-0.39, 0.29) is 0 Å². The zero-order chi connectivity index (χ0) is 12.1. The molecule has 0 amide bonds. The first kappa shape index (κ1) is 11.4. The fourth-order valence-corrected chi connectivity index (χ4v) is 1.59. The highest BCUT2D eigenvalue weighted by Gasteiger charge is 2.01. The number of hydrogen-bond acceptors (Lipinski definition) is 4. The quantitative estimate of drug-likeness (QED) is 0.778. The van der Waals surface area contributed by atoms with Crippen LogP contribution in [0.2, 0.25) is 0 Å². The van der Waals surface area contributed by atoms with Gasteiger partial charge < -0.3 is 20.2 Å². The second-order valence-corrected chi connectivity index (χ2v) is 3.71. The van der Waals surface area contributed by atoms with Gasteiger partial charge >= 0.3 is 0 Å². The number of nitrogens with one attached hydrogen (secondary N) is 1. The van der Waals surface area contributed by atoms with Gasteiger partial charge in [-0.3, -0.25) is 0 Å². The molecule has 0 unspecified atom stereocenters. The number of hydrogen-bond donors (Lipinski definition) is 2. The summed E-state index contributed by atoms with van der Waals surface area (Å²) in [5.41, 5.74) is 7.46. The van der Waals surface area contributed by atoms with E-state index in [1.807, 2.05) is 30.3 Å². The second-order valence-electron chi connectivity index (χ2n) is 3.71. The van der Waals surface area contributed by atoms with Gasteiger partial charge in [-0.15, -0.1) is 0 Å². The van der Waals surface area contributed by atoms with Crippen LogP contribution in [0.1, 0.15) is 5.76 Å². The monoisotopic (exact) mass is 232 g/mol. The highest BCUT2D eigenvalue weighted by molar-refractivity contribution is 5.68. The van der Waals surface area contributed by atoms with Gasteiger partial charge in [-0.05, 0) is 24.3 Å². The third kappa shape index (κ3) is 2.93. The Morgan fingerprint density at radius 1 is 1.35 bits per heavy atom. The Hall–Kier alpha value is -2.10. The first-order valence-corrected chi connectivity index (χ1v) is 5.49. The molecule has 0 radical (unpaired) electrons. The van der Waals surface area contributed by atoms with Crippen molar-refractivity contribution in [2.45, 2.75) is 6.42 Å². The van der Waals surface area contributed by atoms with Crippen molar-refractivity contribution in [3.63, 3.8) is 0 Å². The molecule has 0 atom stereocenters. The van der Waals surface area contributed by atoms with Gasteiger partial charge in [0.2, 0.25) is 0 Å². The Balaban J connectivity index is 1.94. The van der Waals surface area contributed by atoms with Gasteiger partial charge in [-0.25, -0.2) is 0 Å². The summed E-state index contributed by atoms with van der Waals surface area (Å²) in [6.07, 6.45) is 2.50. The van der Waals surface area contributed by atoms with E-state index in [0.717, 1.165) is 30.2 Å². The molecule has 17 heavy (non-hydrogen) atoms. The number of methoxy groups -OCH3 is 1. The molecule has 4 nitrogen and oxygen atoms in total. The summed E-state index contributed by atoms with van der Waals surface area (Å²) < 4.78 is 10.4. The van der Waals surface area contributed by atoms with Gasteiger partial charge in [-0.1, -0.05) is 0 Å². The van der Waals surface area contributed by atoms with Crippen LogP contribution >= 0.6 is 0 Å². The van der Waals surface area contributed by atoms with Gasteiger partial charge in [0.1, 0.15) is 11.5 Å². The van der Waals surface area contributed by atoms with Crippen molar-refractivity contribution in [3.05, 3.63) is 42.4 Å². The third-order valence-electron chi connectivity index (χ3n) is 2.53. The smallest absolute Gasteiger partial charge is 0.121 e. The predicted molar refractivity (Wildman–Crippen MR) is 68.3 cm³/mol. The van der Waals surface area contributed by atoms with E-state index >= 15 is 0 Å². The minimum atomic E-state index is 0.713. The number of benzene rings is 1. The average molecular weight is 232 g/mol. The lowest BCUT2D eigenvalue weighted by molar-refractivity contribution is 0.415. The number of furan rings is 1. The number of ether oxygens (including phenoxy) is 1. The van der Waals surface area contributed by atoms with Crippen molar-refractivity contribution >= 4 is 11.4 Å². The SMILES string of the molecule is COc1ccc(N)c(NCCc2ccco2)c1. The van der Waals surface area contributed by atoms with Gasteiger partial charge in [0.25, 0.3) is 0 Å². The molecule has 2 aromatic rings. The van der Waals surface area contributed by atoms with Crippen LogP contribution in [0.25, 0.3) is 0 Å². The lowest BCUT2D eigenvalue weighted by Gasteiger charge is -2.10. The number of nitrogen functional groups attached to an aromatic ring is 1. The Bertz CT molecular complexity index is 466. The van der Waals surface area contributed by atoms with Crippen molar-refractivity contribution in [1.29, 1.82) is 0 Å². The molecule has 0 bridgehead atoms. The van der Waals surface area contributed by atoms with E-state index in [9.17, 15) is 0 Å². The van der Waals surface area contributed by atoms with Gasteiger partial charge in [0.05, 0.1) is 24.7 Å². The molecule has 0 aliphatic heterocycles. The minimum Gasteiger partial charge on any atom is -0.497 e. The molecule has 0 spiro atoms. The molecule has 1 heterocycles. The average Bonchev–Trinajstić information content (AvgIpc) is 2.84. The molecular weight excluding hydrogens is 216 g/mol. The lowest BCUT2D eigenvalue weighted by Crippen LogP contribution is -2.06. The molecular formula is C13H16N2O2. The normalized spacial score (nSPS) is 10.2. The summed E-state index contributed by atoms with van der Waals surface area (Å²) >= 11 is 0. The minimum absolute atomic E-state index is 0.713. The van der Waals surface area contributed by atoms with Crippen molar-refractivity contribution in [1.82, 2.24) is 0 Å². The Kier molecular flexibility index (Phi) is 3.55. The molecule has 3 N–H and O–H groups in total. The molecule has 0 saturated carbocycles. The standard InChI is InChI=1S/C13H16N2O2/c1-16-11-4-5-12(14)13(9-11)15-7-6-10-3-2-8-17-10/h2-5,8-9,15H,6-7,14H2,1H3. The summed E-state index contributed by atoms with van der Waals surface area (Å²) in [4.78, 5) is 0. The largest absolute Gasteiger partial charge is 0.497 e. The summed E-state index contributed by atoms with van der Waals surface area (Å²) in [6.45, 7) is 0.769. The van der Waals surface area contributed by atoms with Crippen molar-refractivity contribution < 1.29 is 9.15 Å². The van der Waals surface area contributed by atoms with Crippen LogP contribution < -0.4 is 15.8 Å². The molecule has 90 valence electrons. The number of anilines is 2. The van der Waals surface area contributed by atoms with E-state index in [4.69, 9.17) is 14.9 Å². The second kappa shape index (κ2) is 5.30. The van der Waals surface area contributed by atoms with Crippen molar-refractivity contribution in [2.75, 3.05) is 24.7 Å². The first-order valence-electron chi connectivity index (χ1n) is 5.49. The zero-order valence-corrected chi connectivity index (χ0v) is 9.77. The van der Waals surface area contributed by atoms with Gasteiger partial charge in [0.15, 0.2) is 0 Å². The van der Waals surface area contributed by atoms with Crippen LogP contribution in [0.5, 0.6) is 5.75 Å². The lowest BCUT2D eigenvalue weighted by atomic mass is 10.2. The zero-order valence-electron chi connectivity index (χ0n) is 9.77. The number of rotatable bonds is 5. The maximum atomic E-state index is 5.86. The maximum Gasteiger partial charge on any atom is 0.121 e. The van der Waals surface area contributed by atoms with E-state index < -0.39 is 0 Å². The van der Waals surface area contributed by atoms with E-state index in [1.54, 1.807) is 13.4 Å². The van der Waals surface area contributed by atoms with Crippen molar-refractivity contribution in [3.8, 4) is 5.75 Å². The Morgan fingerprint density at radius 2 is 2.24 bits per heavy atom.